The highest BCUT2D eigenvalue weighted by Crippen LogP contribution is 2.35. The lowest BCUT2D eigenvalue weighted by molar-refractivity contribution is -0.123. The van der Waals surface area contributed by atoms with Crippen molar-refractivity contribution in [3.05, 3.63) is 59.1 Å². The minimum Gasteiger partial charge on any atom is -0.497 e. The highest BCUT2D eigenvalue weighted by atomic mass is 35.5. The third-order valence-corrected chi connectivity index (χ3v) is 4.75. The van der Waals surface area contributed by atoms with E-state index in [9.17, 15) is 9.59 Å². The van der Waals surface area contributed by atoms with Crippen molar-refractivity contribution < 1.29 is 14.3 Å². The molecule has 26 heavy (non-hydrogen) atoms. The maximum atomic E-state index is 12.9. The number of nitrogens with zero attached hydrogens (tertiary/aromatic N) is 4. The molecule has 1 fully saturated rings. The standard InChI is InChI=1S/C18H15ClN4O3/c1-26-12-6-4-5-11(9-12)10-22-16-15(20-21-22)17(24)23(18(16)25)14-8-3-2-7-13(14)19/h2-9,15-16H,10H2,1H3/t15-,16+/m1/s1. The molecule has 132 valence electrons. The third kappa shape index (κ3) is 2.61. The molecule has 0 radical (unpaired) electrons. The van der Waals surface area contributed by atoms with E-state index in [0.29, 0.717) is 23.0 Å². The van der Waals surface area contributed by atoms with Crippen LogP contribution in [0.25, 0.3) is 0 Å². The van der Waals surface area contributed by atoms with E-state index in [1.165, 1.54) is 5.01 Å². The van der Waals surface area contributed by atoms with Crippen LogP contribution in [0, 0.1) is 0 Å². The van der Waals surface area contributed by atoms with Crippen LogP contribution in [-0.2, 0) is 16.1 Å². The Bertz CT molecular complexity index is 917. The molecule has 2 aromatic rings. The Labute approximate surface area is 154 Å². The molecule has 2 amide bonds. The largest absolute Gasteiger partial charge is 0.497 e. The molecule has 0 aliphatic carbocycles. The van der Waals surface area contributed by atoms with E-state index in [2.05, 4.69) is 10.3 Å². The van der Waals surface area contributed by atoms with Crippen LogP contribution in [-0.4, -0.2) is 36.0 Å². The molecule has 2 aliphatic heterocycles. The number of hydrogen-bond donors (Lipinski definition) is 0. The van der Waals surface area contributed by atoms with E-state index in [-0.39, 0.29) is 5.91 Å². The zero-order valence-corrected chi connectivity index (χ0v) is 14.6. The lowest BCUT2D eigenvalue weighted by Crippen LogP contribution is -2.39. The third-order valence-electron chi connectivity index (χ3n) is 4.43. The number of methoxy groups -OCH3 is 1. The molecule has 0 bridgehead atoms. The number of carbonyl (C=O) groups excluding carboxylic acids is 2. The number of fused-ring (bicyclic) bond motifs is 1. The van der Waals surface area contributed by atoms with E-state index in [1.807, 2.05) is 24.3 Å². The van der Waals surface area contributed by atoms with Crippen LogP contribution in [0.15, 0.2) is 58.9 Å². The van der Waals surface area contributed by atoms with Crippen molar-refractivity contribution in [1.82, 2.24) is 5.01 Å². The van der Waals surface area contributed by atoms with E-state index in [0.717, 1.165) is 10.5 Å². The number of imide groups is 1. The van der Waals surface area contributed by atoms with Gasteiger partial charge in [-0.15, -0.1) is 0 Å². The first kappa shape index (κ1) is 16.5. The summed E-state index contributed by atoms with van der Waals surface area (Å²) in [6.45, 7) is 0.344. The lowest BCUT2D eigenvalue weighted by Gasteiger charge is -2.21. The molecule has 8 heteroatoms. The molecule has 0 N–H and O–H groups in total. The monoisotopic (exact) mass is 370 g/mol. The summed E-state index contributed by atoms with van der Waals surface area (Å²) < 4.78 is 5.22. The number of para-hydroxylation sites is 1. The Morgan fingerprint density at radius 3 is 2.69 bits per heavy atom. The van der Waals surface area contributed by atoms with Crippen LogP contribution >= 0.6 is 11.6 Å². The molecule has 1 saturated heterocycles. The first-order chi connectivity index (χ1) is 12.6. The average Bonchev–Trinajstić information content (AvgIpc) is 3.16. The zero-order valence-electron chi connectivity index (χ0n) is 13.9. The molecule has 0 aromatic heterocycles. The second kappa shape index (κ2) is 6.42. The summed E-state index contributed by atoms with van der Waals surface area (Å²) in [5.74, 6) is -0.0762. The van der Waals surface area contributed by atoms with E-state index >= 15 is 0 Å². The summed E-state index contributed by atoms with van der Waals surface area (Å²) in [7, 11) is 1.59. The Kier molecular flexibility index (Phi) is 4.08. The average molecular weight is 371 g/mol. The highest BCUT2D eigenvalue weighted by Gasteiger charge is 2.55. The minimum atomic E-state index is -0.843. The number of amides is 2. The van der Waals surface area contributed by atoms with Crippen molar-refractivity contribution in [1.29, 1.82) is 0 Å². The topological polar surface area (TPSA) is 74.6 Å². The number of rotatable bonds is 4. The van der Waals surface area contributed by atoms with Crippen molar-refractivity contribution in [2.45, 2.75) is 18.6 Å². The maximum Gasteiger partial charge on any atom is 0.263 e. The van der Waals surface area contributed by atoms with Crippen molar-refractivity contribution in [2.75, 3.05) is 12.0 Å². The Hall–Kier alpha value is -2.93. The summed E-state index contributed by atoms with van der Waals surface area (Å²) in [6, 6.07) is 12.6. The second-order valence-electron chi connectivity index (χ2n) is 6.01. The predicted octanol–water partition coefficient (Wildman–Crippen LogP) is 2.84. The number of benzene rings is 2. The molecular weight excluding hydrogens is 356 g/mol. The van der Waals surface area contributed by atoms with Crippen molar-refractivity contribution in [3.8, 4) is 5.75 Å². The number of ether oxygens (including phenoxy) is 1. The highest BCUT2D eigenvalue weighted by molar-refractivity contribution is 6.36. The van der Waals surface area contributed by atoms with E-state index in [4.69, 9.17) is 16.3 Å². The van der Waals surface area contributed by atoms with Gasteiger partial charge in [-0.05, 0) is 29.8 Å². The van der Waals surface area contributed by atoms with Crippen molar-refractivity contribution in [3.63, 3.8) is 0 Å². The molecule has 2 aromatic carbocycles. The van der Waals surface area contributed by atoms with Crippen molar-refractivity contribution >= 4 is 29.1 Å². The SMILES string of the molecule is COc1cccc(CN2N=N[C@H]3C(=O)N(c4ccccc4Cl)C(=O)[C@H]32)c1. The number of hydrogen-bond acceptors (Lipinski definition) is 6. The van der Waals surface area contributed by atoms with E-state index < -0.39 is 18.0 Å². The fourth-order valence-electron chi connectivity index (χ4n) is 3.18. The van der Waals surface area contributed by atoms with Gasteiger partial charge in [0.1, 0.15) is 5.75 Å². The van der Waals surface area contributed by atoms with Crippen LogP contribution in [0.1, 0.15) is 5.56 Å². The molecule has 2 atom stereocenters. The molecule has 2 aliphatic rings. The van der Waals surface area contributed by atoms with E-state index in [1.54, 1.807) is 31.4 Å². The normalized spacial score (nSPS) is 21.5. The van der Waals surface area contributed by atoms with Gasteiger partial charge in [0.15, 0.2) is 12.1 Å². The number of halogens is 1. The van der Waals surface area contributed by atoms with Gasteiger partial charge in [-0.2, -0.15) is 5.11 Å². The van der Waals surface area contributed by atoms with Crippen LogP contribution in [0.5, 0.6) is 5.75 Å². The first-order valence-electron chi connectivity index (χ1n) is 8.03. The zero-order chi connectivity index (χ0) is 18.3. The predicted molar refractivity (Wildman–Crippen MR) is 94.9 cm³/mol. The second-order valence-corrected chi connectivity index (χ2v) is 6.41. The fraction of sp³-hybridized carbons (Fsp3) is 0.222. The quantitative estimate of drug-likeness (QED) is 0.775. The van der Waals surface area contributed by atoms with Crippen LogP contribution in [0.4, 0.5) is 5.69 Å². The molecule has 0 unspecified atom stereocenters. The maximum absolute atomic E-state index is 12.9. The number of carbonyl (C=O) groups is 2. The summed E-state index contributed by atoms with van der Waals surface area (Å²) in [5, 5.41) is 9.93. The van der Waals surface area contributed by atoms with Crippen LogP contribution in [0.3, 0.4) is 0 Å². The van der Waals surface area contributed by atoms with Gasteiger partial charge in [-0.1, -0.05) is 41.1 Å². The molecular formula is C18H15ClN4O3. The van der Waals surface area contributed by atoms with Gasteiger partial charge in [0.05, 0.1) is 24.4 Å². The minimum absolute atomic E-state index is 0.338. The lowest BCUT2D eigenvalue weighted by atomic mass is 10.1. The van der Waals surface area contributed by atoms with Gasteiger partial charge in [0.2, 0.25) is 0 Å². The summed E-state index contributed by atoms with van der Waals surface area (Å²) in [6.07, 6.45) is 0. The van der Waals surface area contributed by atoms with Crippen LogP contribution < -0.4 is 9.64 Å². The van der Waals surface area contributed by atoms with Gasteiger partial charge in [-0.25, -0.2) is 4.90 Å². The van der Waals surface area contributed by atoms with Crippen LogP contribution in [0.2, 0.25) is 5.02 Å². The summed E-state index contributed by atoms with van der Waals surface area (Å²) >= 11 is 6.16. The number of anilines is 1. The van der Waals surface area contributed by atoms with Gasteiger partial charge in [0, 0.05) is 0 Å². The summed E-state index contributed by atoms with van der Waals surface area (Å²) in [5.41, 5.74) is 1.27. The Morgan fingerprint density at radius 2 is 1.92 bits per heavy atom. The summed E-state index contributed by atoms with van der Waals surface area (Å²) in [4.78, 5) is 26.7. The first-order valence-corrected chi connectivity index (χ1v) is 8.40. The Morgan fingerprint density at radius 1 is 1.12 bits per heavy atom. The van der Waals surface area contributed by atoms with Gasteiger partial charge in [0.25, 0.3) is 11.8 Å². The Balaban J connectivity index is 1.61. The van der Waals surface area contributed by atoms with Gasteiger partial charge < -0.3 is 4.74 Å². The molecule has 2 heterocycles. The van der Waals surface area contributed by atoms with Crippen molar-refractivity contribution in [2.24, 2.45) is 10.3 Å². The molecule has 4 rings (SSSR count). The molecule has 7 nitrogen and oxygen atoms in total. The van der Waals surface area contributed by atoms with Gasteiger partial charge in [-0.3, -0.25) is 14.6 Å². The van der Waals surface area contributed by atoms with Gasteiger partial charge >= 0.3 is 0 Å². The molecule has 0 saturated carbocycles. The smallest absolute Gasteiger partial charge is 0.263 e. The molecule has 0 spiro atoms. The fourth-order valence-corrected chi connectivity index (χ4v) is 3.40.